The maximum atomic E-state index is 12.0. The van der Waals surface area contributed by atoms with E-state index >= 15 is 0 Å². The van der Waals surface area contributed by atoms with Crippen molar-refractivity contribution in [2.45, 2.75) is 0 Å². The van der Waals surface area contributed by atoms with Gasteiger partial charge in [0.15, 0.2) is 0 Å². The summed E-state index contributed by atoms with van der Waals surface area (Å²) in [6.07, 6.45) is 7.29. The molecule has 20 heavy (non-hydrogen) atoms. The summed E-state index contributed by atoms with van der Waals surface area (Å²) in [5.74, 6) is -0.374. The van der Waals surface area contributed by atoms with Gasteiger partial charge >= 0.3 is 0 Å². The fourth-order valence-corrected chi connectivity index (χ4v) is 2.13. The van der Waals surface area contributed by atoms with E-state index < -0.39 is 0 Å². The summed E-state index contributed by atoms with van der Waals surface area (Å²) in [6.45, 7) is 0. The summed E-state index contributed by atoms with van der Waals surface area (Å²) < 4.78 is 0. The van der Waals surface area contributed by atoms with Gasteiger partial charge in [-0.15, -0.1) is 11.3 Å². The highest BCUT2D eigenvalue weighted by molar-refractivity contribution is 7.13. The molecule has 2 rings (SSSR count). The molecule has 0 spiro atoms. The number of aromatic nitrogens is 3. The van der Waals surface area contributed by atoms with Crippen LogP contribution in [0.25, 0.3) is 10.7 Å². The highest BCUT2D eigenvalue weighted by atomic mass is 32.1. The van der Waals surface area contributed by atoms with Gasteiger partial charge in [0, 0.05) is 37.2 Å². The predicted molar refractivity (Wildman–Crippen MR) is 76.5 cm³/mol. The van der Waals surface area contributed by atoms with Crippen LogP contribution in [0.3, 0.4) is 0 Å². The van der Waals surface area contributed by atoms with E-state index in [2.05, 4.69) is 25.6 Å². The third kappa shape index (κ3) is 3.23. The highest BCUT2D eigenvalue weighted by Gasteiger charge is 2.13. The molecule has 8 heteroatoms. The lowest BCUT2D eigenvalue weighted by Crippen LogP contribution is -2.24. The number of thiazole rings is 1. The molecule has 0 unspecified atom stereocenters. The first-order valence-electron chi connectivity index (χ1n) is 5.65. The molecule has 1 amide bonds. The van der Waals surface area contributed by atoms with Crippen LogP contribution in [0.2, 0.25) is 0 Å². The molecule has 2 heterocycles. The molecule has 0 radical (unpaired) electrons. The van der Waals surface area contributed by atoms with Gasteiger partial charge in [0.2, 0.25) is 0 Å². The molecule has 3 N–H and O–H groups in total. The number of hydrogen-bond acceptors (Lipinski definition) is 7. The Morgan fingerprint density at radius 3 is 2.95 bits per heavy atom. The molecule has 2 aromatic rings. The largest absolute Gasteiger partial charge is 0.392 e. The van der Waals surface area contributed by atoms with Crippen LogP contribution >= 0.6 is 11.3 Å². The van der Waals surface area contributed by atoms with E-state index in [0.717, 1.165) is 6.21 Å². The Kier molecular flexibility index (Phi) is 4.51. The number of rotatable bonds is 5. The van der Waals surface area contributed by atoms with E-state index in [1.807, 2.05) is 0 Å². The van der Waals surface area contributed by atoms with E-state index in [1.165, 1.54) is 17.5 Å². The summed E-state index contributed by atoms with van der Waals surface area (Å²) in [7, 11) is 1.69. The fourth-order valence-electron chi connectivity index (χ4n) is 1.37. The minimum absolute atomic E-state index is 0.277. The number of hydrogen-bond donors (Lipinski definition) is 3. The number of carbonyl (C=O) groups is 1. The van der Waals surface area contributed by atoms with Crippen molar-refractivity contribution in [1.29, 1.82) is 5.41 Å². The summed E-state index contributed by atoms with van der Waals surface area (Å²) in [6, 6.07) is 0. The summed E-state index contributed by atoms with van der Waals surface area (Å²) in [5.41, 5.74) is 1.25. The van der Waals surface area contributed by atoms with E-state index in [-0.39, 0.29) is 11.6 Å². The van der Waals surface area contributed by atoms with Crippen molar-refractivity contribution in [2.75, 3.05) is 7.05 Å². The number of nitrogens with one attached hydrogen (secondary N) is 3. The molecular formula is C12H12N6OS. The Hall–Kier alpha value is -2.61. The molecule has 0 saturated heterocycles. The molecule has 0 fully saturated rings. The van der Waals surface area contributed by atoms with Gasteiger partial charge < -0.3 is 16.0 Å². The first-order valence-corrected chi connectivity index (χ1v) is 6.53. The molecule has 0 aromatic carbocycles. The molecule has 7 nitrogen and oxygen atoms in total. The topological polar surface area (TPSA) is 104 Å². The molecule has 0 bridgehead atoms. The first kappa shape index (κ1) is 13.8. The Balaban J connectivity index is 2.15. The van der Waals surface area contributed by atoms with Crippen molar-refractivity contribution >= 4 is 23.5 Å². The molecule has 0 saturated carbocycles. The zero-order chi connectivity index (χ0) is 14.4. The van der Waals surface area contributed by atoms with Crippen molar-refractivity contribution in [3.63, 3.8) is 0 Å². The minimum Gasteiger partial charge on any atom is -0.392 e. The van der Waals surface area contributed by atoms with Gasteiger partial charge in [-0.2, -0.15) is 0 Å². The maximum Gasteiger partial charge on any atom is 0.275 e. The van der Waals surface area contributed by atoms with Crippen LogP contribution in [-0.2, 0) is 0 Å². The first-order chi connectivity index (χ1) is 9.74. The van der Waals surface area contributed by atoms with Crippen LogP contribution in [0.1, 0.15) is 10.5 Å². The zero-order valence-corrected chi connectivity index (χ0v) is 11.4. The standard InChI is InChI=1S/C12H12N6OS/c1-14-5-8(4-13)17-11(19)10-7-20-12(18-10)9-6-15-2-3-16-9/h2-7,13-14H,1H3,(H,17,19)/b8-5+,13-4?. The number of allylic oxidation sites excluding steroid dienone is 1. The van der Waals surface area contributed by atoms with Crippen molar-refractivity contribution < 1.29 is 4.79 Å². The number of nitrogens with zero attached hydrogens (tertiary/aromatic N) is 3. The number of amides is 1. The fraction of sp³-hybridized carbons (Fsp3) is 0.0833. The van der Waals surface area contributed by atoms with Crippen molar-refractivity contribution in [3.05, 3.63) is 41.6 Å². The lowest BCUT2D eigenvalue weighted by molar-refractivity contribution is 0.0964. The summed E-state index contributed by atoms with van der Waals surface area (Å²) >= 11 is 1.31. The van der Waals surface area contributed by atoms with Crippen LogP contribution in [0.4, 0.5) is 0 Å². The lowest BCUT2D eigenvalue weighted by atomic mass is 10.4. The van der Waals surface area contributed by atoms with Crippen LogP contribution in [-0.4, -0.2) is 34.1 Å². The van der Waals surface area contributed by atoms with Crippen molar-refractivity contribution in [3.8, 4) is 10.7 Å². The monoisotopic (exact) mass is 288 g/mol. The quantitative estimate of drug-likeness (QED) is 0.713. The smallest absolute Gasteiger partial charge is 0.275 e. The maximum absolute atomic E-state index is 12.0. The predicted octanol–water partition coefficient (Wildman–Crippen LogP) is 1.04. The second kappa shape index (κ2) is 6.53. The van der Waals surface area contributed by atoms with Gasteiger partial charge in [-0.25, -0.2) is 4.98 Å². The van der Waals surface area contributed by atoms with Gasteiger partial charge in [0.05, 0.1) is 11.9 Å². The third-order valence-corrected chi connectivity index (χ3v) is 3.10. The molecular weight excluding hydrogens is 276 g/mol. The van der Waals surface area contributed by atoms with E-state index in [1.54, 1.807) is 31.0 Å². The minimum atomic E-state index is -0.374. The third-order valence-electron chi connectivity index (χ3n) is 2.23. The van der Waals surface area contributed by atoms with E-state index in [9.17, 15) is 4.79 Å². The molecule has 0 aliphatic heterocycles. The second-order valence-electron chi connectivity index (χ2n) is 3.62. The second-order valence-corrected chi connectivity index (χ2v) is 4.47. The number of carbonyl (C=O) groups excluding carboxylic acids is 1. The van der Waals surface area contributed by atoms with Crippen LogP contribution in [0, 0.1) is 5.41 Å². The normalized spacial score (nSPS) is 10.9. The SMILES string of the molecule is CN/C=C(\C=N)NC(=O)c1csc(-c2cnccn2)n1. The Bertz CT molecular complexity index is 636. The zero-order valence-electron chi connectivity index (χ0n) is 10.6. The van der Waals surface area contributed by atoms with Gasteiger partial charge in [-0.1, -0.05) is 0 Å². The van der Waals surface area contributed by atoms with Gasteiger partial charge in [-0.05, 0) is 0 Å². The van der Waals surface area contributed by atoms with Gasteiger partial charge in [-0.3, -0.25) is 14.8 Å². The Labute approximate surface area is 119 Å². The molecule has 102 valence electrons. The van der Waals surface area contributed by atoms with Gasteiger partial charge in [0.25, 0.3) is 5.91 Å². The molecule has 0 aliphatic carbocycles. The highest BCUT2D eigenvalue weighted by Crippen LogP contribution is 2.20. The Morgan fingerprint density at radius 1 is 1.45 bits per heavy atom. The van der Waals surface area contributed by atoms with Crippen LogP contribution in [0.15, 0.2) is 35.9 Å². The van der Waals surface area contributed by atoms with E-state index in [0.29, 0.717) is 16.4 Å². The average Bonchev–Trinajstić information content (AvgIpc) is 2.97. The van der Waals surface area contributed by atoms with E-state index in [4.69, 9.17) is 5.41 Å². The summed E-state index contributed by atoms with van der Waals surface area (Å²) in [5, 5.41) is 14.8. The van der Waals surface area contributed by atoms with Crippen molar-refractivity contribution in [2.24, 2.45) is 0 Å². The molecule has 0 aliphatic rings. The average molecular weight is 288 g/mol. The van der Waals surface area contributed by atoms with Crippen molar-refractivity contribution in [1.82, 2.24) is 25.6 Å². The van der Waals surface area contributed by atoms with Crippen LogP contribution < -0.4 is 10.6 Å². The Morgan fingerprint density at radius 2 is 2.30 bits per heavy atom. The summed E-state index contributed by atoms with van der Waals surface area (Å²) in [4.78, 5) is 24.2. The van der Waals surface area contributed by atoms with Gasteiger partial charge in [0.1, 0.15) is 16.4 Å². The van der Waals surface area contributed by atoms with Crippen LogP contribution in [0.5, 0.6) is 0 Å². The molecule has 0 atom stereocenters. The molecule has 2 aromatic heterocycles. The lowest BCUT2D eigenvalue weighted by Gasteiger charge is -2.02.